The molecular formula is C26H36FN7O3. The number of halogens is 1. The Morgan fingerprint density at radius 2 is 1.86 bits per heavy atom. The highest BCUT2D eigenvalue weighted by molar-refractivity contribution is 5.99. The fraction of sp³-hybridized carbons (Fsp3) is 0.462. The number of pyridine rings is 1. The maximum atomic E-state index is 15.1. The second kappa shape index (κ2) is 11.0. The maximum absolute atomic E-state index is 15.1. The number of fused-ring (bicyclic) bond motifs is 1. The number of primary amides is 1. The van der Waals surface area contributed by atoms with E-state index in [1.54, 1.807) is 33.9 Å². The number of anilines is 3. The average Bonchev–Trinajstić information content (AvgIpc) is 3.19. The normalized spacial score (nSPS) is 13.3. The van der Waals surface area contributed by atoms with Crippen molar-refractivity contribution in [2.24, 2.45) is 11.7 Å². The van der Waals surface area contributed by atoms with Crippen molar-refractivity contribution in [1.82, 2.24) is 20.1 Å². The number of benzene rings is 1. The Hall–Kier alpha value is -3.89. The SMILES string of the molecule is CCn1ncc2ccc(Nc3nc(N[C@H](C(C)C)[C@H](C)NC(=O)OC(C)(C)C)c(F)cc3C(N)=O)cc21. The summed E-state index contributed by atoms with van der Waals surface area (Å²) in [6.45, 7) is 13.7. The van der Waals surface area contributed by atoms with Crippen molar-refractivity contribution in [3.05, 3.63) is 41.8 Å². The van der Waals surface area contributed by atoms with Crippen LogP contribution in [0.5, 0.6) is 0 Å². The first-order chi connectivity index (χ1) is 17.3. The Morgan fingerprint density at radius 3 is 2.46 bits per heavy atom. The molecule has 0 saturated carbocycles. The number of carbonyl (C=O) groups is 2. The lowest BCUT2D eigenvalue weighted by Crippen LogP contribution is -2.49. The number of ether oxygens (including phenoxy) is 1. The zero-order valence-electron chi connectivity index (χ0n) is 22.3. The van der Waals surface area contributed by atoms with E-state index in [9.17, 15) is 9.59 Å². The molecular weight excluding hydrogens is 477 g/mol. The van der Waals surface area contributed by atoms with Gasteiger partial charge in [-0.3, -0.25) is 9.48 Å². The molecule has 200 valence electrons. The predicted octanol–water partition coefficient (Wildman–Crippen LogP) is 4.78. The van der Waals surface area contributed by atoms with Gasteiger partial charge < -0.3 is 26.4 Å². The van der Waals surface area contributed by atoms with E-state index in [1.807, 2.05) is 43.7 Å². The lowest BCUT2D eigenvalue weighted by atomic mass is 9.97. The second-order valence-electron chi connectivity index (χ2n) is 10.3. The molecule has 0 saturated heterocycles. The van der Waals surface area contributed by atoms with Crippen LogP contribution >= 0.6 is 0 Å². The van der Waals surface area contributed by atoms with E-state index < -0.39 is 35.5 Å². The number of amides is 2. The maximum Gasteiger partial charge on any atom is 0.407 e. The minimum atomic E-state index is -0.819. The largest absolute Gasteiger partial charge is 0.444 e. The molecule has 2 atom stereocenters. The van der Waals surface area contributed by atoms with Crippen LogP contribution in [0.4, 0.5) is 26.5 Å². The van der Waals surface area contributed by atoms with Gasteiger partial charge in [0.15, 0.2) is 11.6 Å². The molecule has 3 rings (SSSR count). The number of rotatable bonds is 9. The molecule has 37 heavy (non-hydrogen) atoms. The number of carbonyl (C=O) groups excluding carboxylic acids is 2. The molecule has 0 radical (unpaired) electrons. The van der Waals surface area contributed by atoms with Crippen LogP contribution in [-0.4, -0.2) is 44.4 Å². The van der Waals surface area contributed by atoms with E-state index in [4.69, 9.17) is 10.5 Å². The lowest BCUT2D eigenvalue weighted by molar-refractivity contribution is 0.0499. The predicted molar refractivity (Wildman–Crippen MR) is 142 cm³/mol. The van der Waals surface area contributed by atoms with Crippen LogP contribution in [0.1, 0.15) is 58.8 Å². The molecule has 11 heteroatoms. The van der Waals surface area contributed by atoms with Crippen LogP contribution in [0.25, 0.3) is 10.9 Å². The average molecular weight is 514 g/mol. The fourth-order valence-corrected chi connectivity index (χ4v) is 4.02. The van der Waals surface area contributed by atoms with Crippen LogP contribution in [-0.2, 0) is 11.3 Å². The molecule has 2 aromatic heterocycles. The third-order valence-electron chi connectivity index (χ3n) is 5.75. The Bertz CT molecular complexity index is 1280. The summed E-state index contributed by atoms with van der Waals surface area (Å²) < 4.78 is 22.3. The summed E-state index contributed by atoms with van der Waals surface area (Å²) in [6.07, 6.45) is 1.20. The molecule has 0 aliphatic rings. The second-order valence-corrected chi connectivity index (χ2v) is 10.3. The molecule has 0 bridgehead atoms. The number of hydrogen-bond donors (Lipinski definition) is 4. The Kier molecular flexibility index (Phi) is 8.25. The van der Waals surface area contributed by atoms with Gasteiger partial charge >= 0.3 is 6.09 Å². The van der Waals surface area contributed by atoms with Crippen molar-refractivity contribution in [2.45, 2.75) is 72.7 Å². The number of nitrogens with two attached hydrogens (primary N) is 1. The first-order valence-corrected chi connectivity index (χ1v) is 12.3. The summed E-state index contributed by atoms with van der Waals surface area (Å²) in [5, 5.41) is 14.3. The molecule has 10 nitrogen and oxygen atoms in total. The first kappa shape index (κ1) is 27.7. The van der Waals surface area contributed by atoms with Gasteiger partial charge in [0.05, 0.1) is 17.3 Å². The first-order valence-electron chi connectivity index (χ1n) is 12.3. The summed E-state index contributed by atoms with van der Waals surface area (Å²) >= 11 is 0. The molecule has 2 amide bonds. The van der Waals surface area contributed by atoms with E-state index >= 15 is 4.39 Å². The Balaban J connectivity index is 1.91. The van der Waals surface area contributed by atoms with Gasteiger partial charge in [-0.1, -0.05) is 13.8 Å². The molecule has 1 aromatic carbocycles. The smallest absolute Gasteiger partial charge is 0.407 e. The number of aryl methyl sites for hydroxylation is 1. The molecule has 0 unspecified atom stereocenters. The molecule has 0 fully saturated rings. The van der Waals surface area contributed by atoms with Gasteiger partial charge in [-0.15, -0.1) is 0 Å². The molecule has 3 aromatic rings. The van der Waals surface area contributed by atoms with Gasteiger partial charge in [-0.2, -0.15) is 5.10 Å². The van der Waals surface area contributed by atoms with E-state index in [-0.39, 0.29) is 23.1 Å². The molecule has 0 aliphatic heterocycles. The number of alkyl carbamates (subject to hydrolysis) is 1. The highest BCUT2D eigenvalue weighted by atomic mass is 19.1. The standard InChI is InChI=1S/C26H36FN7O3/c1-8-34-20-11-17(10-9-16(20)13-29-34)31-23-18(22(28)35)12-19(27)24(33-23)32-21(14(2)3)15(4)30-25(36)37-26(5,6)7/h9-15,21H,8H2,1-7H3,(H2,28,35)(H,30,36)(H2,31,32,33)/t15-,21+/m0/s1. The Labute approximate surface area is 216 Å². The van der Waals surface area contributed by atoms with Crippen molar-refractivity contribution >= 4 is 40.2 Å². The molecule has 0 aliphatic carbocycles. The highest BCUT2D eigenvalue weighted by Crippen LogP contribution is 2.27. The third kappa shape index (κ3) is 6.87. The van der Waals surface area contributed by atoms with Crippen LogP contribution in [0.2, 0.25) is 0 Å². The topological polar surface area (TPSA) is 136 Å². The molecule has 0 spiro atoms. The fourth-order valence-electron chi connectivity index (χ4n) is 4.02. The molecule has 5 N–H and O–H groups in total. The van der Waals surface area contributed by atoms with Gasteiger partial charge in [0.1, 0.15) is 11.4 Å². The van der Waals surface area contributed by atoms with E-state index in [0.29, 0.717) is 12.2 Å². The lowest BCUT2D eigenvalue weighted by Gasteiger charge is -2.31. The van der Waals surface area contributed by atoms with Crippen LogP contribution in [0.15, 0.2) is 30.5 Å². The monoisotopic (exact) mass is 513 g/mol. The van der Waals surface area contributed by atoms with Gasteiger partial charge in [0.25, 0.3) is 5.91 Å². The summed E-state index contributed by atoms with van der Waals surface area (Å²) in [6, 6.07) is 5.80. The van der Waals surface area contributed by atoms with E-state index in [1.165, 1.54) is 0 Å². The van der Waals surface area contributed by atoms with E-state index in [2.05, 4.69) is 26.0 Å². The number of hydrogen-bond acceptors (Lipinski definition) is 7. The van der Waals surface area contributed by atoms with Crippen molar-refractivity contribution in [3.8, 4) is 0 Å². The quantitative estimate of drug-likeness (QED) is 0.323. The number of nitrogens with zero attached hydrogens (tertiary/aromatic N) is 3. The molecule has 2 heterocycles. The summed E-state index contributed by atoms with van der Waals surface area (Å²) in [4.78, 5) is 28.8. The van der Waals surface area contributed by atoms with Crippen LogP contribution in [0, 0.1) is 11.7 Å². The van der Waals surface area contributed by atoms with Crippen molar-refractivity contribution in [1.29, 1.82) is 0 Å². The van der Waals surface area contributed by atoms with Crippen molar-refractivity contribution < 1.29 is 18.7 Å². The van der Waals surface area contributed by atoms with E-state index in [0.717, 1.165) is 17.0 Å². The summed E-state index contributed by atoms with van der Waals surface area (Å²) in [5.41, 5.74) is 6.32. The Morgan fingerprint density at radius 1 is 1.16 bits per heavy atom. The van der Waals surface area contributed by atoms with Crippen LogP contribution < -0.4 is 21.7 Å². The summed E-state index contributed by atoms with van der Waals surface area (Å²) in [7, 11) is 0. The number of nitrogens with one attached hydrogen (secondary N) is 3. The van der Waals surface area contributed by atoms with Gasteiger partial charge in [0.2, 0.25) is 0 Å². The number of aromatic nitrogens is 3. The van der Waals surface area contributed by atoms with Crippen molar-refractivity contribution in [3.63, 3.8) is 0 Å². The highest BCUT2D eigenvalue weighted by Gasteiger charge is 2.27. The minimum absolute atomic E-state index is 0.0184. The zero-order chi connectivity index (χ0) is 27.5. The van der Waals surface area contributed by atoms with Gasteiger partial charge in [-0.25, -0.2) is 14.2 Å². The zero-order valence-corrected chi connectivity index (χ0v) is 22.3. The third-order valence-corrected chi connectivity index (χ3v) is 5.75. The van der Waals surface area contributed by atoms with Gasteiger partial charge in [-0.05, 0) is 64.8 Å². The van der Waals surface area contributed by atoms with Gasteiger partial charge in [0, 0.05) is 29.7 Å². The van der Waals surface area contributed by atoms with Crippen LogP contribution in [0.3, 0.4) is 0 Å². The van der Waals surface area contributed by atoms with Crippen molar-refractivity contribution in [2.75, 3.05) is 10.6 Å². The minimum Gasteiger partial charge on any atom is -0.444 e. The summed E-state index contributed by atoms with van der Waals surface area (Å²) in [5.74, 6) is -1.55.